The van der Waals surface area contributed by atoms with Crippen LogP contribution in [0.25, 0.3) is 0 Å². The van der Waals surface area contributed by atoms with Gasteiger partial charge in [-0.05, 0) is 50.6 Å². The third kappa shape index (κ3) is 2.68. The normalized spacial score (nSPS) is 37.8. The molecule has 100 valence electrons. The molecule has 2 aliphatic rings. The first-order valence-corrected chi connectivity index (χ1v) is 7.49. The van der Waals surface area contributed by atoms with Crippen LogP contribution in [0.4, 0.5) is 0 Å². The predicted molar refractivity (Wildman–Crippen MR) is 74.2 cm³/mol. The SMILES string of the molecule is CCCC1CCN(C2CCC(C)(C)C2NC)C1. The Morgan fingerprint density at radius 3 is 2.71 bits per heavy atom. The third-order valence-electron chi connectivity index (χ3n) is 5.11. The maximum absolute atomic E-state index is 3.59. The quantitative estimate of drug-likeness (QED) is 0.810. The Bertz CT molecular complexity index is 249. The van der Waals surface area contributed by atoms with Crippen molar-refractivity contribution in [2.75, 3.05) is 20.1 Å². The number of likely N-dealkylation sites (tertiary alicyclic amines) is 1. The lowest BCUT2D eigenvalue weighted by molar-refractivity contribution is 0.171. The summed E-state index contributed by atoms with van der Waals surface area (Å²) in [6.45, 7) is 9.86. The molecule has 2 rings (SSSR count). The van der Waals surface area contributed by atoms with Gasteiger partial charge < -0.3 is 5.32 Å². The van der Waals surface area contributed by atoms with Gasteiger partial charge in [-0.1, -0.05) is 27.2 Å². The van der Waals surface area contributed by atoms with Crippen molar-refractivity contribution < 1.29 is 0 Å². The van der Waals surface area contributed by atoms with Crippen molar-refractivity contribution in [3.05, 3.63) is 0 Å². The molecular formula is C15H30N2. The fraction of sp³-hybridized carbons (Fsp3) is 1.00. The van der Waals surface area contributed by atoms with Gasteiger partial charge in [-0.3, -0.25) is 4.90 Å². The van der Waals surface area contributed by atoms with E-state index in [1.165, 1.54) is 45.2 Å². The molecule has 1 aliphatic heterocycles. The lowest BCUT2D eigenvalue weighted by Crippen LogP contribution is -2.50. The van der Waals surface area contributed by atoms with E-state index in [0.717, 1.165) is 12.0 Å². The average molecular weight is 238 g/mol. The highest BCUT2D eigenvalue weighted by atomic mass is 15.2. The molecule has 1 heterocycles. The van der Waals surface area contributed by atoms with Gasteiger partial charge in [0.25, 0.3) is 0 Å². The van der Waals surface area contributed by atoms with Crippen molar-refractivity contribution in [2.45, 2.75) is 65.0 Å². The van der Waals surface area contributed by atoms with Gasteiger partial charge in [0.15, 0.2) is 0 Å². The fourth-order valence-electron chi connectivity index (χ4n) is 4.15. The zero-order valence-electron chi connectivity index (χ0n) is 12.1. The van der Waals surface area contributed by atoms with Gasteiger partial charge in [0.2, 0.25) is 0 Å². The van der Waals surface area contributed by atoms with Gasteiger partial charge in [-0.15, -0.1) is 0 Å². The van der Waals surface area contributed by atoms with Crippen LogP contribution >= 0.6 is 0 Å². The van der Waals surface area contributed by atoms with Crippen LogP contribution in [-0.4, -0.2) is 37.1 Å². The van der Waals surface area contributed by atoms with Crippen LogP contribution in [0.1, 0.15) is 52.9 Å². The minimum Gasteiger partial charge on any atom is -0.315 e. The van der Waals surface area contributed by atoms with Crippen LogP contribution in [0.3, 0.4) is 0 Å². The third-order valence-corrected chi connectivity index (χ3v) is 5.11. The molecule has 3 atom stereocenters. The monoisotopic (exact) mass is 238 g/mol. The predicted octanol–water partition coefficient (Wildman–Crippen LogP) is 2.89. The van der Waals surface area contributed by atoms with E-state index in [2.05, 4.69) is 38.0 Å². The molecule has 1 N–H and O–H groups in total. The summed E-state index contributed by atoms with van der Waals surface area (Å²) >= 11 is 0. The molecule has 0 aromatic heterocycles. The fourth-order valence-corrected chi connectivity index (χ4v) is 4.15. The van der Waals surface area contributed by atoms with Crippen LogP contribution in [0.15, 0.2) is 0 Å². The van der Waals surface area contributed by atoms with Gasteiger partial charge in [-0.2, -0.15) is 0 Å². The van der Waals surface area contributed by atoms with Crippen molar-refractivity contribution in [1.29, 1.82) is 0 Å². The van der Waals surface area contributed by atoms with Gasteiger partial charge in [0.1, 0.15) is 0 Å². The van der Waals surface area contributed by atoms with E-state index in [0.29, 0.717) is 11.5 Å². The van der Waals surface area contributed by atoms with Crippen molar-refractivity contribution in [3.8, 4) is 0 Å². The van der Waals surface area contributed by atoms with Gasteiger partial charge in [-0.25, -0.2) is 0 Å². The van der Waals surface area contributed by atoms with E-state index >= 15 is 0 Å². The molecule has 0 bridgehead atoms. The second-order valence-electron chi connectivity index (χ2n) is 6.80. The molecule has 17 heavy (non-hydrogen) atoms. The number of likely N-dealkylation sites (N-methyl/N-ethyl adjacent to an activating group) is 1. The summed E-state index contributed by atoms with van der Waals surface area (Å²) < 4.78 is 0. The van der Waals surface area contributed by atoms with Crippen LogP contribution in [0, 0.1) is 11.3 Å². The smallest absolute Gasteiger partial charge is 0.0271 e. The van der Waals surface area contributed by atoms with E-state index in [1.807, 2.05) is 0 Å². The Labute approximate surface area is 107 Å². The van der Waals surface area contributed by atoms with Crippen molar-refractivity contribution in [3.63, 3.8) is 0 Å². The minimum atomic E-state index is 0.474. The van der Waals surface area contributed by atoms with Crippen molar-refractivity contribution >= 4 is 0 Å². The largest absolute Gasteiger partial charge is 0.315 e. The Balaban J connectivity index is 1.95. The number of rotatable bonds is 4. The maximum Gasteiger partial charge on any atom is 0.0271 e. The lowest BCUT2D eigenvalue weighted by Gasteiger charge is -2.35. The second kappa shape index (κ2) is 5.27. The number of hydrogen-bond acceptors (Lipinski definition) is 2. The summed E-state index contributed by atoms with van der Waals surface area (Å²) in [5.74, 6) is 0.973. The molecule has 3 unspecified atom stereocenters. The molecule has 0 spiro atoms. The Kier molecular flexibility index (Phi) is 4.14. The van der Waals surface area contributed by atoms with Crippen LogP contribution in [0.5, 0.6) is 0 Å². The standard InChI is InChI=1S/C15H30N2/c1-5-6-12-8-10-17(11-12)13-7-9-15(2,3)14(13)16-4/h12-14,16H,5-11H2,1-4H3. The van der Waals surface area contributed by atoms with Gasteiger partial charge in [0, 0.05) is 18.6 Å². The Morgan fingerprint density at radius 1 is 1.29 bits per heavy atom. The summed E-state index contributed by atoms with van der Waals surface area (Å²) in [6, 6.07) is 1.47. The first-order chi connectivity index (χ1) is 8.08. The molecule has 0 aromatic carbocycles. The summed E-state index contributed by atoms with van der Waals surface area (Å²) in [5, 5.41) is 3.59. The van der Waals surface area contributed by atoms with Crippen molar-refractivity contribution in [2.24, 2.45) is 11.3 Å². The topological polar surface area (TPSA) is 15.3 Å². The first kappa shape index (κ1) is 13.4. The molecule has 1 aliphatic carbocycles. The summed E-state index contributed by atoms with van der Waals surface area (Å²) in [4.78, 5) is 2.77. The molecule has 2 nitrogen and oxygen atoms in total. The highest BCUT2D eigenvalue weighted by molar-refractivity contribution is 5.01. The Hall–Kier alpha value is -0.0800. The summed E-state index contributed by atoms with van der Waals surface area (Å²) in [5.41, 5.74) is 0.474. The molecular weight excluding hydrogens is 208 g/mol. The summed E-state index contributed by atoms with van der Waals surface area (Å²) in [7, 11) is 2.14. The summed E-state index contributed by atoms with van der Waals surface area (Å²) in [6.07, 6.45) is 6.97. The minimum absolute atomic E-state index is 0.474. The van der Waals surface area contributed by atoms with E-state index in [9.17, 15) is 0 Å². The van der Waals surface area contributed by atoms with E-state index in [4.69, 9.17) is 0 Å². The maximum atomic E-state index is 3.59. The van der Waals surface area contributed by atoms with Crippen LogP contribution in [-0.2, 0) is 0 Å². The zero-order chi connectivity index (χ0) is 12.5. The highest BCUT2D eigenvalue weighted by Crippen LogP contribution is 2.41. The van der Waals surface area contributed by atoms with Crippen LogP contribution in [0.2, 0.25) is 0 Å². The van der Waals surface area contributed by atoms with Gasteiger partial charge >= 0.3 is 0 Å². The molecule has 1 saturated carbocycles. The highest BCUT2D eigenvalue weighted by Gasteiger charge is 2.44. The number of nitrogens with one attached hydrogen (secondary N) is 1. The molecule has 0 radical (unpaired) electrons. The number of hydrogen-bond donors (Lipinski definition) is 1. The second-order valence-corrected chi connectivity index (χ2v) is 6.80. The zero-order valence-corrected chi connectivity index (χ0v) is 12.1. The average Bonchev–Trinajstić information content (AvgIpc) is 2.82. The molecule has 2 heteroatoms. The first-order valence-electron chi connectivity index (χ1n) is 7.49. The molecule has 1 saturated heterocycles. The van der Waals surface area contributed by atoms with E-state index < -0.39 is 0 Å². The Morgan fingerprint density at radius 2 is 2.06 bits per heavy atom. The molecule has 2 fully saturated rings. The van der Waals surface area contributed by atoms with E-state index in [-0.39, 0.29) is 0 Å². The van der Waals surface area contributed by atoms with Crippen LogP contribution < -0.4 is 5.32 Å². The van der Waals surface area contributed by atoms with E-state index in [1.54, 1.807) is 0 Å². The number of nitrogens with zero attached hydrogens (tertiary/aromatic N) is 1. The lowest BCUT2D eigenvalue weighted by atomic mass is 9.86. The van der Waals surface area contributed by atoms with Gasteiger partial charge in [0.05, 0.1) is 0 Å². The molecule has 0 amide bonds. The molecule has 0 aromatic rings. The van der Waals surface area contributed by atoms with Crippen molar-refractivity contribution in [1.82, 2.24) is 10.2 Å².